The number of rotatable bonds is 2. The molecule has 0 fully saturated rings. The minimum absolute atomic E-state index is 0.0686. The van der Waals surface area contributed by atoms with Gasteiger partial charge in [-0.25, -0.2) is 4.98 Å². The Balaban J connectivity index is 2.15. The molecule has 0 aliphatic heterocycles. The summed E-state index contributed by atoms with van der Waals surface area (Å²) in [6.07, 6.45) is 3.55. The first-order valence-electron chi connectivity index (χ1n) is 5.92. The fraction of sp³-hybridized carbons (Fsp3) is 0. The summed E-state index contributed by atoms with van der Waals surface area (Å²) in [6, 6.07) is 8.18. The van der Waals surface area contributed by atoms with Gasteiger partial charge < -0.3 is 21.0 Å². The first-order valence-corrected chi connectivity index (χ1v) is 5.92. The normalized spacial score (nSPS) is 10.8. The minimum atomic E-state index is -0.683. The Labute approximate surface area is 114 Å². The summed E-state index contributed by atoms with van der Waals surface area (Å²) in [5.74, 6) is -0.827. The van der Waals surface area contributed by atoms with Gasteiger partial charge in [0.05, 0.1) is 11.3 Å². The van der Waals surface area contributed by atoms with Crippen LogP contribution in [0, 0.1) is 0 Å². The molecule has 20 heavy (non-hydrogen) atoms. The fourth-order valence-electron chi connectivity index (χ4n) is 2.04. The smallest absolute Gasteiger partial charge is 0.252 e. The summed E-state index contributed by atoms with van der Waals surface area (Å²) in [5.41, 5.74) is 13.7. The highest BCUT2D eigenvalue weighted by atomic mass is 16.3. The summed E-state index contributed by atoms with van der Waals surface area (Å²) in [4.78, 5) is 15.7. The maximum Gasteiger partial charge on any atom is 0.252 e. The number of amides is 1. The van der Waals surface area contributed by atoms with Gasteiger partial charge in [-0.1, -0.05) is 0 Å². The van der Waals surface area contributed by atoms with Gasteiger partial charge in [0, 0.05) is 23.6 Å². The molecule has 6 nitrogen and oxygen atoms in total. The predicted molar refractivity (Wildman–Crippen MR) is 75.2 cm³/mol. The third-order valence-corrected chi connectivity index (χ3v) is 3.03. The average molecular weight is 268 g/mol. The van der Waals surface area contributed by atoms with E-state index >= 15 is 0 Å². The Bertz CT molecular complexity index is 823. The third-order valence-electron chi connectivity index (χ3n) is 3.03. The number of imidazole rings is 1. The number of carbonyl (C=O) groups excluding carboxylic acids is 1. The number of anilines is 1. The van der Waals surface area contributed by atoms with Crippen LogP contribution in [0.5, 0.6) is 5.75 Å². The largest absolute Gasteiger partial charge is 0.507 e. The van der Waals surface area contributed by atoms with Crippen molar-refractivity contribution >= 4 is 17.2 Å². The highest BCUT2D eigenvalue weighted by Gasteiger charge is 2.11. The zero-order valence-corrected chi connectivity index (χ0v) is 10.4. The van der Waals surface area contributed by atoms with Crippen LogP contribution in [-0.4, -0.2) is 20.4 Å². The van der Waals surface area contributed by atoms with Crippen LogP contribution in [0.25, 0.3) is 16.9 Å². The van der Waals surface area contributed by atoms with E-state index in [-0.39, 0.29) is 11.3 Å². The molecule has 2 heterocycles. The lowest BCUT2D eigenvalue weighted by Crippen LogP contribution is -2.11. The standard InChI is InChI=1S/C14H12N4O2/c15-9-2-4-13-17-11(7-18(13)6-9)8-1-3-12(19)10(5-8)14(16)20/h1-7,19H,15H2,(H2,16,20). The Kier molecular flexibility index (Phi) is 2.57. The van der Waals surface area contributed by atoms with Crippen LogP contribution >= 0.6 is 0 Å². The van der Waals surface area contributed by atoms with Crippen molar-refractivity contribution in [3.05, 3.63) is 48.3 Å². The van der Waals surface area contributed by atoms with E-state index in [1.54, 1.807) is 35.0 Å². The van der Waals surface area contributed by atoms with Crippen molar-refractivity contribution in [2.45, 2.75) is 0 Å². The van der Waals surface area contributed by atoms with Crippen LogP contribution in [0.3, 0.4) is 0 Å². The molecule has 0 atom stereocenters. The summed E-state index contributed by atoms with van der Waals surface area (Å²) in [5, 5.41) is 9.59. The van der Waals surface area contributed by atoms with Crippen LogP contribution < -0.4 is 11.5 Å². The molecule has 2 aromatic heterocycles. The lowest BCUT2D eigenvalue weighted by Gasteiger charge is -2.02. The van der Waals surface area contributed by atoms with Gasteiger partial charge in [-0.15, -0.1) is 0 Å². The number of hydrogen-bond acceptors (Lipinski definition) is 4. The van der Waals surface area contributed by atoms with Crippen molar-refractivity contribution in [1.82, 2.24) is 9.38 Å². The molecule has 0 unspecified atom stereocenters. The number of fused-ring (bicyclic) bond motifs is 1. The Morgan fingerprint density at radius 2 is 2.00 bits per heavy atom. The summed E-state index contributed by atoms with van der Waals surface area (Å²) >= 11 is 0. The second-order valence-corrected chi connectivity index (χ2v) is 4.45. The molecule has 100 valence electrons. The van der Waals surface area contributed by atoms with Crippen molar-refractivity contribution in [2.24, 2.45) is 5.73 Å². The molecule has 0 bridgehead atoms. The first kappa shape index (κ1) is 12.0. The lowest BCUT2D eigenvalue weighted by atomic mass is 10.1. The lowest BCUT2D eigenvalue weighted by molar-refractivity contribution is 0.0998. The molecule has 3 aromatic rings. The SMILES string of the molecule is NC(=O)c1cc(-c2cn3cc(N)ccc3n2)ccc1O. The number of benzene rings is 1. The summed E-state index contributed by atoms with van der Waals surface area (Å²) in [6.45, 7) is 0. The van der Waals surface area contributed by atoms with Crippen LogP contribution in [0.1, 0.15) is 10.4 Å². The van der Waals surface area contributed by atoms with Gasteiger partial charge in [-0.3, -0.25) is 4.79 Å². The monoisotopic (exact) mass is 268 g/mol. The average Bonchev–Trinajstić information content (AvgIpc) is 2.81. The highest BCUT2D eigenvalue weighted by Crippen LogP contribution is 2.25. The van der Waals surface area contributed by atoms with Gasteiger partial charge in [-0.05, 0) is 30.3 Å². The second kappa shape index (κ2) is 4.27. The van der Waals surface area contributed by atoms with Crippen molar-refractivity contribution in [3.63, 3.8) is 0 Å². The number of aromatic nitrogens is 2. The Morgan fingerprint density at radius 1 is 1.20 bits per heavy atom. The number of carbonyl (C=O) groups is 1. The molecule has 1 aromatic carbocycles. The number of phenols is 1. The second-order valence-electron chi connectivity index (χ2n) is 4.45. The number of nitrogen functional groups attached to an aromatic ring is 1. The maximum absolute atomic E-state index is 11.2. The molecule has 0 aliphatic rings. The number of primary amides is 1. The molecule has 6 heteroatoms. The van der Waals surface area contributed by atoms with E-state index in [1.807, 2.05) is 0 Å². The van der Waals surface area contributed by atoms with E-state index in [4.69, 9.17) is 11.5 Å². The van der Waals surface area contributed by atoms with E-state index < -0.39 is 5.91 Å². The number of nitrogens with two attached hydrogens (primary N) is 2. The fourth-order valence-corrected chi connectivity index (χ4v) is 2.04. The topological polar surface area (TPSA) is 107 Å². The van der Waals surface area contributed by atoms with Crippen LogP contribution in [-0.2, 0) is 0 Å². The minimum Gasteiger partial charge on any atom is -0.507 e. The van der Waals surface area contributed by atoms with Crippen molar-refractivity contribution in [2.75, 3.05) is 5.73 Å². The van der Waals surface area contributed by atoms with Crippen molar-refractivity contribution in [3.8, 4) is 17.0 Å². The Morgan fingerprint density at radius 3 is 2.75 bits per heavy atom. The quantitative estimate of drug-likeness (QED) is 0.652. The zero-order valence-electron chi connectivity index (χ0n) is 10.4. The molecule has 0 radical (unpaired) electrons. The van der Waals surface area contributed by atoms with Crippen LogP contribution in [0.4, 0.5) is 5.69 Å². The van der Waals surface area contributed by atoms with E-state index in [0.717, 1.165) is 5.65 Å². The summed E-state index contributed by atoms with van der Waals surface area (Å²) < 4.78 is 1.79. The molecular weight excluding hydrogens is 256 g/mol. The van der Waals surface area contributed by atoms with Gasteiger partial charge >= 0.3 is 0 Å². The van der Waals surface area contributed by atoms with Gasteiger partial charge in [-0.2, -0.15) is 0 Å². The van der Waals surface area contributed by atoms with E-state index in [0.29, 0.717) is 16.9 Å². The van der Waals surface area contributed by atoms with Gasteiger partial charge in [0.2, 0.25) is 0 Å². The third kappa shape index (κ3) is 1.93. The van der Waals surface area contributed by atoms with Gasteiger partial charge in [0.15, 0.2) is 0 Å². The first-order chi connectivity index (χ1) is 9.54. The number of nitrogens with zero attached hydrogens (tertiary/aromatic N) is 2. The van der Waals surface area contributed by atoms with Gasteiger partial charge in [0.25, 0.3) is 5.91 Å². The molecular formula is C14H12N4O2. The molecule has 0 saturated carbocycles. The van der Waals surface area contributed by atoms with E-state index in [1.165, 1.54) is 12.1 Å². The highest BCUT2D eigenvalue weighted by molar-refractivity contribution is 5.96. The van der Waals surface area contributed by atoms with Gasteiger partial charge in [0.1, 0.15) is 11.4 Å². The predicted octanol–water partition coefficient (Wildman–Crippen LogP) is 1.39. The number of pyridine rings is 1. The molecule has 0 saturated heterocycles. The molecule has 3 rings (SSSR count). The molecule has 5 N–H and O–H groups in total. The Hall–Kier alpha value is -3.02. The molecule has 0 aliphatic carbocycles. The van der Waals surface area contributed by atoms with Crippen molar-refractivity contribution < 1.29 is 9.90 Å². The molecule has 0 spiro atoms. The van der Waals surface area contributed by atoms with E-state index in [9.17, 15) is 9.90 Å². The van der Waals surface area contributed by atoms with Crippen LogP contribution in [0.15, 0.2) is 42.7 Å². The molecule has 1 amide bonds. The zero-order chi connectivity index (χ0) is 14.3. The maximum atomic E-state index is 11.2. The number of hydrogen-bond donors (Lipinski definition) is 3. The van der Waals surface area contributed by atoms with Crippen LogP contribution in [0.2, 0.25) is 0 Å². The van der Waals surface area contributed by atoms with E-state index in [2.05, 4.69) is 4.98 Å². The summed E-state index contributed by atoms with van der Waals surface area (Å²) in [7, 11) is 0. The van der Waals surface area contributed by atoms with Crippen molar-refractivity contribution in [1.29, 1.82) is 0 Å². The number of aromatic hydroxyl groups is 1.